The molecule has 2 heterocycles. The molecule has 3 aromatic rings. The predicted octanol–water partition coefficient (Wildman–Crippen LogP) is 3.88. The van der Waals surface area contributed by atoms with Crippen LogP contribution in [0.5, 0.6) is 5.75 Å². The Balaban J connectivity index is 1.57. The van der Waals surface area contributed by atoms with Crippen LogP contribution in [0.4, 0.5) is 0 Å². The molecule has 1 N–H and O–H groups in total. The maximum atomic E-state index is 13.1. The first-order valence-electron chi connectivity index (χ1n) is 18.7. The number of methoxy groups -OCH3 is 1. The van der Waals surface area contributed by atoms with E-state index in [2.05, 4.69) is 10.0 Å². The average Bonchev–Trinajstić information content (AvgIpc) is 3.22. The number of hydrogen-bond donors (Lipinski definition) is 1. The molecule has 0 amide bonds. The Labute approximate surface area is 340 Å². The number of esters is 4. The smallest absolute Gasteiger partial charge is 0.339 e. The molecule has 316 valence electrons. The zero-order valence-electron chi connectivity index (χ0n) is 32.9. The van der Waals surface area contributed by atoms with Gasteiger partial charge >= 0.3 is 23.9 Å². The monoisotopic (exact) mass is 821 g/mol. The normalized spacial score (nSPS) is 26.4. The van der Waals surface area contributed by atoms with Gasteiger partial charge in [-0.2, -0.15) is 0 Å². The first-order chi connectivity index (χ1) is 28.5. The van der Waals surface area contributed by atoms with E-state index < -0.39 is 85.3 Å². The van der Waals surface area contributed by atoms with Crippen LogP contribution in [0.15, 0.2) is 90.0 Å². The molecule has 2 aliphatic rings. The summed E-state index contributed by atoms with van der Waals surface area (Å²) in [6.45, 7) is 3.52. The lowest BCUT2D eigenvalue weighted by molar-refractivity contribution is -0.355. The van der Waals surface area contributed by atoms with Gasteiger partial charge in [-0.15, -0.1) is 0 Å². The van der Waals surface area contributed by atoms with Crippen LogP contribution in [-0.2, 0) is 81.4 Å². The Morgan fingerprint density at radius 3 is 1.90 bits per heavy atom. The summed E-state index contributed by atoms with van der Waals surface area (Å²) in [5.41, 5.74) is 11.1. The van der Waals surface area contributed by atoms with Crippen molar-refractivity contribution in [3.05, 3.63) is 112 Å². The lowest BCUT2D eigenvalue weighted by atomic mass is 9.96. The van der Waals surface area contributed by atoms with Crippen LogP contribution >= 0.6 is 0 Å². The van der Waals surface area contributed by atoms with E-state index in [1.807, 2.05) is 60.7 Å². The van der Waals surface area contributed by atoms with Crippen molar-refractivity contribution in [2.24, 2.45) is 5.11 Å². The fourth-order valence-electron chi connectivity index (χ4n) is 6.54. The van der Waals surface area contributed by atoms with E-state index >= 15 is 0 Å². The van der Waals surface area contributed by atoms with Gasteiger partial charge in [0.1, 0.15) is 24.1 Å². The summed E-state index contributed by atoms with van der Waals surface area (Å²) in [5.74, 6) is -3.19. The Morgan fingerprint density at radius 2 is 1.31 bits per heavy atom. The van der Waals surface area contributed by atoms with Gasteiger partial charge in [0.15, 0.2) is 36.8 Å². The van der Waals surface area contributed by atoms with Crippen LogP contribution in [0.25, 0.3) is 10.4 Å². The molecule has 18 heteroatoms. The van der Waals surface area contributed by atoms with Gasteiger partial charge in [0.25, 0.3) is 0 Å². The third-order valence-corrected chi connectivity index (χ3v) is 9.16. The Bertz CT molecular complexity index is 1880. The highest BCUT2D eigenvalue weighted by Gasteiger charge is 2.57. The van der Waals surface area contributed by atoms with Crippen LogP contribution in [0.2, 0.25) is 0 Å². The Morgan fingerprint density at radius 1 is 0.712 bits per heavy atom. The predicted molar refractivity (Wildman–Crippen MR) is 203 cm³/mol. The summed E-state index contributed by atoms with van der Waals surface area (Å²) < 4.78 is 59.7. The molecular weight excluding hydrogens is 774 g/mol. The minimum Gasteiger partial charge on any atom is -0.467 e. The highest BCUT2D eigenvalue weighted by atomic mass is 16.8. The van der Waals surface area contributed by atoms with E-state index in [4.69, 9.17) is 52.9 Å². The number of azide groups is 1. The van der Waals surface area contributed by atoms with Gasteiger partial charge in [-0.3, -0.25) is 14.4 Å². The number of carbonyl (C=O) groups is 4. The second kappa shape index (κ2) is 22.0. The van der Waals surface area contributed by atoms with E-state index in [1.165, 1.54) is 6.92 Å². The van der Waals surface area contributed by atoms with Gasteiger partial charge in [0.05, 0.1) is 26.9 Å². The van der Waals surface area contributed by atoms with Gasteiger partial charge in [-0.1, -0.05) is 77.9 Å². The van der Waals surface area contributed by atoms with Crippen LogP contribution in [0.1, 0.15) is 37.5 Å². The highest BCUT2D eigenvalue weighted by Crippen LogP contribution is 2.36. The second-order valence-electron chi connectivity index (χ2n) is 13.5. The maximum absolute atomic E-state index is 13.1. The highest BCUT2D eigenvalue weighted by molar-refractivity contribution is 5.77. The number of benzene rings is 3. The van der Waals surface area contributed by atoms with Gasteiger partial charge in [0.2, 0.25) is 6.29 Å². The number of nitrogens with zero attached hydrogens (tertiary/aromatic N) is 3. The fourth-order valence-corrected chi connectivity index (χ4v) is 6.54. The fraction of sp³-hybridized carbons (Fsp3) is 0.463. The van der Waals surface area contributed by atoms with E-state index in [0.29, 0.717) is 12.2 Å². The maximum Gasteiger partial charge on any atom is 0.339 e. The molecular formula is C41H47N3O15. The molecule has 5 unspecified atom stereocenters. The molecule has 0 aliphatic carbocycles. The molecule has 0 radical (unpaired) electrons. The molecule has 59 heavy (non-hydrogen) atoms. The molecule has 10 atom stereocenters. The summed E-state index contributed by atoms with van der Waals surface area (Å²) in [5, 5.41) is 15.1. The summed E-state index contributed by atoms with van der Waals surface area (Å²) >= 11 is 0. The number of aliphatic hydroxyl groups is 1. The molecule has 2 saturated heterocycles. The van der Waals surface area contributed by atoms with Gasteiger partial charge in [0, 0.05) is 32.2 Å². The zero-order chi connectivity index (χ0) is 42.3. The summed E-state index contributed by atoms with van der Waals surface area (Å²) in [6.07, 6.45) is -14.8. The Kier molecular flexibility index (Phi) is 16.6. The largest absolute Gasteiger partial charge is 0.467 e. The van der Waals surface area contributed by atoms with Gasteiger partial charge in [-0.05, 0) is 40.8 Å². The summed E-state index contributed by atoms with van der Waals surface area (Å²) in [4.78, 5) is 53.2. The van der Waals surface area contributed by atoms with E-state index in [1.54, 1.807) is 24.3 Å². The van der Waals surface area contributed by atoms with Crippen molar-refractivity contribution in [1.29, 1.82) is 0 Å². The molecule has 2 fully saturated rings. The number of rotatable bonds is 18. The van der Waals surface area contributed by atoms with Gasteiger partial charge < -0.3 is 52.5 Å². The quantitative estimate of drug-likeness (QED) is 0.0631. The number of aliphatic hydroxyl groups excluding tert-OH is 1. The van der Waals surface area contributed by atoms with Crippen LogP contribution < -0.4 is 4.74 Å². The molecule has 0 spiro atoms. The second-order valence-corrected chi connectivity index (χ2v) is 13.5. The minimum absolute atomic E-state index is 0.0320. The van der Waals surface area contributed by atoms with Crippen LogP contribution in [0, 0.1) is 0 Å². The van der Waals surface area contributed by atoms with E-state index in [-0.39, 0.29) is 26.4 Å². The molecule has 5 rings (SSSR count). The van der Waals surface area contributed by atoms with Crippen molar-refractivity contribution < 1.29 is 71.7 Å². The van der Waals surface area contributed by atoms with Gasteiger partial charge in [-0.25, -0.2) is 4.79 Å². The standard InChI is InChI=1S/C41H47N3O15/c1-24(45)53-33-31(23-51-21-28-11-7-5-8-12-28)57-41(56-30-17-15-27(16-18-30)19-20-43-44-42)38(52-22-29-13-9-6-10-14-29)36(33)58-40-35(55-26(3)47)32(48)34(54-25(2)46)37(59-40)39(49)50-4/h5-18,31-38,40-41,48H,19-23H2,1-4H3/t31?,32?,33-,34-,35?,36?,37?,38-,40+,41+/m0/s1. The third kappa shape index (κ3) is 12.7. The Hall–Kier alpha value is -5.59. The topological polar surface area (TPSA) is 230 Å². The lowest BCUT2D eigenvalue weighted by Gasteiger charge is -2.48. The lowest BCUT2D eigenvalue weighted by Crippen LogP contribution is -2.67. The SMILES string of the molecule is COC(=O)C1O[C@@H](OC2[C@@H](OC(C)=O)C(COCc3ccccc3)O[C@@H](Oc3ccc(CCN=[N+]=[N-])cc3)[C@H]2OCc2ccccc2)C(OC(C)=O)C(O)[C@@H]1OC(C)=O. The minimum atomic E-state index is -1.88. The number of carbonyl (C=O) groups excluding carboxylic acids is 4. The first-order valence-corrected chi connectivity index (χ1v) is 18.7. The third-order valence-electron chi connectivity index (χ3n) is 9.16. The van der Waals surface area contributed by atoms with Crippen molar-refractivity contribution in [1.82, 2.24) is 0 Å². The molecule has 0 aromatic heterocycles. The number of ether oxygens (including phenoxy) is 10. The zero-order valence-corrected chi connectivity index (χ0v) is 32.9. The van der Waals surface area contributed by atoms with Crippen LogP contribution in [0.3, 0.4) is 0 Å². The molecule has 18 nitrogen and oxygen atoms in total. The number of hydrogen-bond acceptors (Lipinski definition) is 16. The van der Waals surface area contributed by atoms with Crippen molar-refractivity contribution in [3.63, 3.8) is 0 Å². The summed E-state index contributed by atoms with van der Waals surface area (Å²) in [6, 6.07) is 25.4. The molecule has 0 saturated carbocycles. The van der Waals surface area contributed by atoms with E-state index in [0.717, 1.165) is 37.6 Å². The van der Waals surface area contributed by atoms with Crippen LogP contribution in [-0.4, -0.2) is 111 Å². The molecule has 3 aromatic carbocycles. The van der Waals surface area contributed by atoms with Crippen molar-refractivity contribution in [2.75, 3.05) is 20.3 Å². The van der Waals surface area contributed by atoms with E-state index in [9.17, 15) is 24.3 Å². The van der Waals surface area contributed by atoms with Crippen molar-refractivity contribution in [3.8, 4) is 5.75 Å². The molecule has 2 aliphatic heterocycles. The van der Waals surface area contributed by atoms with Crippen molar-refractivity contribution >= 4 is 23.9 Å². The summed E-state index contributed by atoms with van der Waals surface area (Å²) in [7, 11) is 1.06. The first kappa shape index (κ1) is 44.5. The molecule has 0 bridgehead atoms. The van der Waals surface area contributed by atoms with Crippen molar-refractivity contribution in [2.45, 2.75) is 102 Å². The average molecular weight is 822 g/mol.